The molecule has 3 aliphatic heterocycles. The maximum Gasteiger partial charge on any atom is 0.338 e. The van der Waals surface area contributed by atoms with Crippen molar-refractivity contribution in [1.29, 1.82) is 0 Å². The second kappa shape index (κ2) is 31.9. The highest BCUT2D eigenvalue weighted by atomic mass is 28.4. The van der Waals surface area contributed by atoms with Crippen LogP contribution in [0.1, 0.15) is 89.3 Å². The van der Waals surface area contributed by atoms with Crippen LogP contribution in [-0.4, -0.2) is 162 Å². The summed E-state index contributed by atoms with van der Waals surface area (Å²) in [7, 11) is -5.59. The van der Waals surface area contributed by atoms with E-state index >= 15 is 0 Å². The molecular weight excluding hydrogens is 1220 g/mol. The van der Waals surface area contributed by atoms with Gasteiger partial charge >= 0.3 is 17.9 Å². The molecule has 19 nitrogen and oxygen atoms in total. The summed E-state index contributed by atoms with van der Waals surface area (Å²) in [4.78, 5) is 43.1. The molecule has 21 heteroatoms. The maximum atomic E-state index is 14.7. The number of hydrogen-bond donors (Lipinski definition) is 3. The van der Waals surface area contributed by atoms with Crippen LogP contribution in [0, 0.1) is 0 Å². The quantitative estimate of drug-likeness (QED) is 0.0260. The highest BCUT2D eigenvalue weighted by Crippen LogP contribution is 2.45. The Morgan fingerprint density at radius 2 is 0.742 bits per heavy atom. The summed E-state index contributed by atoms with van der Waals surface area (Å²) in [5, 5.41) is 33.9. The van der Waals surface area contributed by atoms with Crippen LogP contribution in [0.4, 0.5) is 0 Å². The first-order chi connectivity index (χ1) is 44.4. The second-order valence-electron chi connectivity index (χ2n) is 26.6. The number of carbonyl (C=O) groups excluding carboxylic acids is 3. The highest BCUT2D eigenvalue weighted by Gasteiger charge is 2.59. The molecule has 6 aromatic carbocycles. The lowest BCUT2D eigenvalue weighted by molar-refractivity contribution is -0.371. The Bertz CT molecular complexity index is 3270. The zero-order valence-corrected chi connectivity index (χ0v) is 56.6. The molecule has 500 valence electrons. The number of ether oxygens (including phenoxy) is 11. The average Bonchev–Trinajstić information content (AvgIpc) is 0.778. The third-order valence-electron chi connectivity index (χ3n) is 18.0. The molecular formula is C72H90O19Si2. The van der Waals surface area contributed by atoms with Crippen LogP contribution in [-0.2, 0) is 80.8 Å². The van der Waals surface area contributed by atoms with Gasteiger partial charge < -0.3 is 76.3 Å². The van der Waals surface area contributed by atoms with Gasteiger partial charge in [0.1, 0.15) is 54.9 Å². The van der Waals surface area contributed by atoms with Crippen molar-refractivity contribution in [3.8, 4) is 0 Å². The molecule has 0 amide bonds. The summed E-state index contributed by atoms with van der Waals surface area (Å²) in [6.07, 6.45) is -20.8. The van der Waals surface area contributed by atoms with Gasteiger partial charge in [-0.3, -0.25) is 0 Å². The largest absolute Gasteiger partial charge is 0.452 e. The summed E-state index contributed by atoms with van der Waals surface area (Å²) in [5.41, 5.74) is 2.84. The molecule has 0 bridgehead atoms. The van der Waals surface area contributed by atoms with E-state index in [0.29, 0.717) is 0 Å². The molecule has 6 aromatic rings. The van der Waals surface area contributed by atoms with Gasteiger partial charge in [0.25, 0.3) is 0 Å². The van der Waals surface area contributed by atoms with E-state index in [1.54, 1.807) is 66.7 Å². The molecule has 3 N–H and O–H groups in total. The van der Waals surface area contributed by atoms with Gasteiger partial charge in [0.15, 0.2) is 53.8 Å². The number of aliphatic hydroxyl groups excluding tert-OH is 3. The third kappa shape index (κ3) is 18.2. The van der Waals surface area contributed by atoms with Gasteiger partial charge in [0.05, 0.1) is 56.3 Å². The Morgan fingerprint density at radius 3 is 1.16 bits per heavy atom. The van der Waals surface area contributed by atoms with Crippen LogP contribution < -0.4 is 0 Å². The predicted octanol–water partition coefficient (Wildman–Crippen LogP) is 10.8. The van der Waals surface area contributed by atoms with Crippen LogP contribution in [0.2, 0.25) is 36.3 Å². The van der Waals surface area contributed by atoms with Crippen molar-refractivity contribution < 1.29 is 90.7 Å². The molecule has 15 atom stereocenters. The van der Waals surface area contributed by atoms with E-state index in [9.17, 15) is 29.7 Å². The predicted molar refractivity (Wildman–Crippen MR) is 349 cm³/mol. The van der Waals surface area contributed by atoms with Crippen LogP contribution >= 0.6 is 0 Å². The molecule has 0 radical (unpaired) electrons. The Hall–Kier alpha value is -6.36. The molecule has 9 rings (SSSR count). The van der Waals surface area contributed by atoms with Crippen molar-refractivity contribution >= 4 is 34.5 Å². The molecule has 0 aromatic heterocycles. The monoisotopic (exact) mass is 1310 g/mol. The van der Waals surface area contributed by atoms with Crippen molar-refractivity contribution in [2.24, 2.45) is 0 Å². The van der Waals surface area contributed by atoms with Gasteiger partial charge in [-0.15, -0.1) is 0 Å². The number of esters is 3. The number of hydrogen-bond acceptors (Lipinski definition) is 19. The number of carbonyl (C=O) groups is 3. The first-order valence-electron chi connectivity index (χ1n) is 31.7. The normalized spacial score (nSPS) is 27.0. The fourth-order valence-electron chi connectivity index (χ4n) is 10.7. The maximum absolute atomic E-state index is 14.7. The molecule has 3 aliphatic rings. The number of rotatable bonds is 26. The summed E-state index contributed by atoms with van der Waals surface area (Å²) in [6, 6.07) is 53.0. The fraction of sp³-hybridized carbons (Fsp3) is 0.458. The van der Waals surface area contributed by atoms with Gasteiger partial charge in [-0.25, -0.2) is 14.4 Å². The molecule has 0 spiro atoms. The second-order valence-corrected chi connectivity index (χ2v) is 36.1. The first kappa shape index (κ1) is 70.9. The van der Waals surface area contributed by atoms with Crippen LogP contribution in [0.3, 0.4) is 0 Å². The Labute approximate surface area is 547 Å². The smallest absolute Gasteiger partial charge is 0.338 e. The van der Waals surface area contributed by atoms with E-state index in [0.717, 1.165) is 16.7 Å². The Balaban J connectivity index is 1.18. The van der Waals surface area contributed by atoms with Gasteiger partial charge in [0.2, 0.25) is 0 Å². The lowest BCUT2D eigenvalue weighted by atomic mass is 9.95. The Kier molecular flexibility index (Phi) is 24.4. The average molecular weight is 1320 g/mol. The fourth-order valence-corrected chi connectivity index (χ4v) is 13.3. The molecule has 3 saturated heterocycles. The summed E-state index contributed by atoms with van der Waals surface area (Å²) in [6.45, 7) is 19.2. The van der Waals surface area contributed by atoms with Crippen LogP contribution in [0.5, 0.6) is 0 Å². The van der Waals surface area contributed by atoms with Crippen molar-refractivity contribution in [2.75, 3.05) is 19.8 Å². The standard InChI is InChI=1S/C72H90O19Si2/c1-71(2,3)92(7,8)90-58-54(42-74)84-69(64(61(58)91-93(9,10)72(4,5)6)88-67(77)52-39-27-16-28-40-52)82-46-55-56(79-43-47-29-17-11-18-30-47)59(80-44-48-31-19-12-20-32-48)63(81-45-49-33-21-13-22-34-49)70(85-55)89-57-53(41-73)83-68(78)62(87-66(76)51-37-25-15-26-38-51)60(57)86-65(75)50-35-23-14-24-36-50/h11-40,53-64,68-70,73-74,78H,41-46H2,1-10H3/t53-,54-,55-,56-,57-,58-,59+,60+,61+,62-,63-,64-,68+,69-,70?/m1/s1. The van der Waals surface area contributed by atoms with Crippen LogP contribution in [0.15, 0.2) is 182 Å². The first-order valence-corrected chi connectivity index (χ1v) is 37.5. The highest BCUT2D eigenvalue weighted by molar-refractivity contribution is 6.74. The minimum atomic E-state index is -2.85. The molecule has 1 unspecified atom stereocenters. The van der Waals surface area contributed by atoms with Crippen molar-refractivity contribution in [3.05, 3.63) is 215 Å². The lowest BCUT2D eigenvalue weighted by Gasteiger charge is -2.52. The molecule has 0 saturated carbocycles. The zero-order valence-electron chi connectivity index (χ0n) is 54.6. The molecule has 93 heavy (non-hydrogen) atoms. The minimum Gasteiger partial charge on any atom is -0.452 e. The third-order valence-corrected chi connectivity index (χ3v) is 26.9. The number of aliphatic hydroxyl groups is 3. The van der Waals surface area contributed by atoms with Crippen molar-refractivity contribution in [2.45, 2.75) is 190 Å². The van der Waals surface area contributed by atoms with Crippen LogP contribution in [0.25, 0.3) is 0 Å². The van der Waals surface area contributed by atoms with Gasteiger partial charge in [-0.05, 0) is 89.4 Å². The van der Waals surface area contributed by atoms with E-state index in [1.807, 2.05) is 91.0 Å². The van der Waals surface area contributed by atoms with E-state index in [2.05, 4.69) is 67.7 Å². The molecule has 0 aliphatic carbocycles. The summed E-state index contributed by atoms with van der Waals surface area (Å²) >= 11 is 0. The number of benzene rings is 6. The minimum absolute atomic E-state index is 0.0124. The van der Waals surface area contributed by atoms with Gasteiger partial charge in [0, 0.05) is 0 Å². The Morgan fingerprint density at radius 1 is 0.387 bits per heavy atom. The van der Waals surface area contributed by atoms with Crippen molar-refractivity contribution in [3.63, 3.8) is 0 Å². The van der Waals surface area contributed by atoms with E-state index in [1.165, 1.54) is 24.3 Å². The SMILES string of the molecule is CC(C)(C)[Si](C)(C)O[C@@H]1[C@@H](OC(=O)c2ccccc2)[C@H](OC[C@H]2OC(O[C@H]3[C@H](OC(=O)c4ccccc4)[C@@H](OC(=O)c4ccccc4)[C@@H](O)O[C@@H]3CO)[C@H](OCc3ccccc3)[C@@H](OCc3ccccc3)[C@@H]2OCc2ccccc2)O[C@H](CO)[C@H]1O[Si](C)(C)C(C)(C)C. The summed E-state index contributed by atoms with van der Waals surface area (Å²) in [5.74, 6) is -2.46. The van der Waals surface area contributed by atoms with Gasteiger partial charge in [-0.1, -0.05) is 187 Å². The van der Waals surface area contributed by atoms with E-state index in [-0.39, 0.29) is 46.6 Å². The lowest BCUT2D eigenvalue weighted by Crippen LogP contribution is -2.68. The summed E-state index contributed by atoms with van der Waals surface area (Å²) < 4.78 is 89.2. The zero-order chi connectivity index (χ0) is 66.5. The van der Waals surface area contributed by atoms with Gasteiger partial charge in [-0.2, -0.15) is 0 Å². The molecule has 3 fully saturated rings. The van der Waals surface area contributed by atoms with E-state index < -0.39 is 146 Å². The van der Waals surface area contributed by atoms with Crippen molar-refractivity contribution in [1.82, 2.24) is 0 Å². The molecule has 3 heterocycles. The topological polar surface area (TPSA) is 232 Å². The van der Waals surface area contributed by atoms with E-state index in [4.69, 9.17) is 61.0 Å².